The molecule has 0 radical (unpaired) electrons. The van der Waals surface area contributed by atoms with Crippen molar-refractivity contribution in [2.24, 2.45) is 11.8 Å². The van der Waals surface area contributed by atoms with Crippen LogP contribution in [0.2, 0.25) is 0 Å². The zero-order chi connectivity index (χ0) is 32.3. The quantitative estimate of drug-likeness (QED) is 0.374. The molecule has 1 aliphatic heterocycles. The fourth-order valence-corrected chi connectivity index (χ4v) is 8.99. The van der Waals surface area contributed by atoms with Gasteiger partial charge in [-0.2, -0.15) is 26.3 Å². The lowest BCUT2D eigenvalue weighted by molar-refractivity contribution is -0.348. The number of rotatable bonds is 6. The highest BCUT2D eigenvalue weighted by molar-refractivity contribution is 7.92. The third kappa shape index (κ3) is 5.16. The summed E-state index contributed by atoms with van der Waals surface area (Å²) in [6.07, 6.45) is -9.57. The molecule has 3 aliphatic rings. The van der Waals surface area contributed by atoms with Gasteiger partial charge in [0.15, 0.2) is 9.84 Å². The molecule has 2 aromatic carbocycles. The van der Waals surface area contributed by atoms with Crippen LogP contribution in [0.25, 0.3) is 0 Å². The van der Waals surface area contributed by atoms with Crippen molar-refractivity contribution in [1.29, 1.82) is 0 Å². The van der Waals surface area contributed by atoms with E-state index < -0.39 is 68.4 Å². The second kappa shape index (κ2) is 11.0. The van der Waals surface area contributed by atoms with Crippen molar-refractivity contribution in [3.63, 3.8) is 0 Å². The summed E-state index contributed by atoms with van der Waals surface area (Å²) in [4.78, 5) is 26.1. The molecule has 240 valence electrons. The molecule has 0 unspecified atom stereocenters. The van der Waals surface area contributed by atoms with Gasteiger partial charge < -0.3 is 10.0 Å². The molecular formula is C30H30F7NO5S. The van der Waals surface area contributed by atoms with Crippen LogP contribution in [0.5, 0.6) is 0 Å². The van der Waals surface area contributed by atoms with Crippen LogP contribution < -0.4 is 0 Å². The summed E-state index contributed by atoms with van der Waals surface area (Å²) in [5.74, 6) is -2.51. The van der Waals surface area contributed by atoms with Crippen molar-refractivity contribution < 1.29 is 53.8 Å². The van der Waals surface area contributed by atoms with E-state index in [2.05, 4.69) is 0 Å². The summed E-state index contributed by atoms with van der Waals surface area (Å²) >= 11 is 0. The highest BCUT2D eigenvalue weighted by Gasteiger charge is 2.73. The van der Waals surface area contributed by atoms with Crippen molar-refractivity contribution in [3.8, 4) is 0 Å². The second-order valence-corrected chi connectivity index (χ2v) is 14.2. The number of aliphatic carboxylic acids is 1. The first-order valence-corrected chi connectivity index (χ1v) is 15.7. The van der Waals surface area contributed by atoms with Crippen LogP contribution >= 0.6 is 0 Å². The maximum Gasteiger partial charge on any atom is 0.435 e. The lowest BCUT2D eigenvalue weighted by Crippen LogP contribution is -2.50. The van der Waals surface area contributed by atoms with Crippen molar-refractivity contribution in [2.75, 3.05) is 13.1 Å². The van der Waals surface area contributed by atoms with Crippen LogP contribution in [0.3, 0.4) is 0 Å². The number of sulfone groups is 1. The Morgan fingerprint density at radius 2 is 1.39 bits per heavy atom. The molecule has 0 aromatic heterocycles. The topological polar surface area (TPSA) is 91.8 Å². The number of carboxylic acid groups (broad SMARTS) is 1. The average molecular weight is 650 g/mol. The normalized spacial score (nSPS) is 24.8. The molecule has 0 bridgehead atoms. The Labute approximate surface area is 249 Å². The van der Waals surface area contributed by atoms with E-state index in [1.165, 1.54) is 17.0 Å². The monoisotopic (exact) mass is 649 g/mol. The molecule has 44 heavy (non-hydrogen) atoms. The van der Waals surface area contributed by atoms with E-state index in [0.29, 0.717) is 18.6 Å². The van der Waals surface area contributed by atoms with Gasteiger partial charge in [-0.1, -0.05) is 30.3 Å². The van der Waals surface area contributed by atoms with Crippen molar-refractivity contribution >= 4 is 21.7 Å². The fourth-order valence-electron chi connectivity index (χ4n) is 6.86. The molecule has 2 aliphatic carbocycles. The first-order chi connectivity index (χ1) is 20.4. The van der Waals surface area contributed by atoms with Crippen LogP contribution in [0.4, 0.5) is 30.7 Å². The summed E-state index contributed by atoms with van der Waals surface area (Å²) in [7, 11) is -4.41. The number of fused-ring (bicyclic) bond motifs is 1. The van der Waals surface area contributed by atoms with Gasteiger partial charge in [-0.3, -0.25) is 9.59 Å². The summed E-state index contributed by atoms with van der Waals surface area (Å²) in [5, 5.41) is 9.27. The molecule has 1 N–H and O–H groups in total. The lowest BCUT2D eigenvalue weighted by Gasteiger charge is -2.33. The van der Waals surface area contributed by atoms with Gasteiger partial charge >= 0.3 is 24.0 Å². The van der Waals surface area contributed by atoms with E-state index in [9.17, 15) is 53.8 Å². The van der Waals surface area contributed by atoms with Gasteiger partial charge in [-0.25, -0.2) is 12.8 Å². The maximum atomic E-state index is 14.8. The standard InChI is InChI=1S/C30H30F7NO5S/c31-28(29(32,33)34,30(35,36)37)23-11-9-22(10-12-23)27(44(42,43)24-13-8-18-2-1-3-21(18)16-24)14-15-38(17-27)25(39)19-4-6-20(7-5-19)26(40)41/h8-13,16,19-20H,1-7,14-15,17H2,(H,40,41)/t19?,20?,27-/m1/s1. The summed E-state index contributed by atoms with van der Waals surface area (Å²) < 4.78 is 122. The zero-order valence-corrected chi connectivity index (χ0v) is 24.2. The first-order valence-electron chi connectivity index (χ1n) is 14.2. The van der Waals surface area contributed by atoms with E-state index in [1.807, 2.05) is 0 Å². The molecular weight excluding hydrogens is 619 g/mol. The Hall–Kier alpha value is -3.16. The number of likely N-dealkylation sites (tertiary alicyclic amines) is 1. The smallest absolute Gasteiger partial charge is 0.435 e. The molecule has 5 rings (SSSR count). The minimum absolute atomic E-state index is 0.0677. The minimum atomic E-state index is -6.34. The molecule has 1 saturated heterocycles. The van der Waals surface area contributed by atoms with Crippen molar-refractivity contribution in [1.82, 2.24) is 4.90 Å². The molecule has 0 spiro atoms. The summed E-state index contributed by atoms with van der Waals surface area (Å²) in [5.41, 5.74) is -5.81. The van der Waals surface area contributed by atoms with E-state index in [0.717, 1.165) is 36.1 Å². The fraction of sp³-hybridized carbons (Fsp3) is 0.533. The Kier molecular flexibility index (Phi) is 8.08. The van der Waals surface area contributed by atoms with Gasteiger partial charge in [0.2, 0.25) is 5.91 Å². The van der Waals surface area contributed by atoms with Gasteiger partial charge in [0.05, 0.1) is 10.8 Å². The van der Waals surface area contributed by atoms with Gasteiger partial charge in [-0.15, -0.1) is 0 Å². The summed E-state index contributed by atoms with van der Waals surface area (Å²) in [6.45, 7) is -0.496. The third-order valence-electron chi connectivity index (χ3n) is 9.45. The largest absolute Gasteiger partial charge is 0.481 e. The molecule has 2 aromatic rings. The van der Waals surface area contributed by atoms with Crippen LogP contribution in [0.1, 0.15) is 60.8 Å². The molecule has 1 atom stereocenters. The Morgan fingerprint density at radius 3 is 1.95 bits per heavy atom. The number of nitrogens with zero attached hydrogens (tertiary/aromatic N) is 1. The second-order valence-electron chi connectivity index (χ2n) is 11.9. The SMILES string of the molecule is O=C(O)C1CCC(C(=O)N2CC[C@@](c3ccc(C(F)(C(F)(F)F)C(F)(F)F)cc3)(S(=O)(=O)c3ccc4c(c3)CCC4)C2)CC1. The molecule has 1 saturated carbocycles. The van der Waals surface area contributed by atoms with E-state index >= 15 is 0 Å². The minimum Gasteiger partial charge on any atom is -0.481 e. The first kappa shape index (κ1) is 32.2. The Morgan fingerprint density at radius 1 is 0.818 bits per heavy atom. The predicted molar refractivity (Wildman–Crippen MR) is 143 cm³/mol. The number of amides is 1. The van der Waals surface area contributed by atoms with Crippen LogP contribution in [-0.2, 0) is 42.7 Å². The number of carboxylic acids is 1. The van der Waals surface area contributed by atoms with E-state index in [4.69, 9.17) is 0 Å². The number of carbonyl (C=O) groups excluding carboxylic acids is 1. The highest BCUT2D eigenvalue weighted by Crippen LogP contribution is 2.54. The molecule has 2 fully saturated rings. The molecule has 6 nitrogen and oxygen atoms in total. The maximum absolute atomic E-state index is 14.8. The highest BCUT2D eigenvalue weighted by atomic mass is 32.2. The zero-order valence-electron chi connectivity index (χ0n) is 23.3. The van der Waals surface area contributed by atoms with E-state index in [-0.39, 0.29) is 49.1 Å². The van der Waals surface area contributed by atoms with Gasteiger partial charge in [0.1, 0.15) is 4.75 Å². The number of halogens is 7. The van der Waals surface area contributed by atoms with Gasteiger partial charge in [-0.05, 0) is 80.2 Å². The van der Waals surface area contributed by atoms with Gasteiger partial charge in [0, 0.05) is 24.6 Å². The number of carbonyl (C=O) groups is 2. The number of benzene rings is 2. The van der Waals surface area contributed by atoms with Crippen molar-refractivity contribution in [3.05, 3.63) is 64.7 Å². The predicted octanol–water partition coefficient (Wildman–Crippen LogP) is 6.26. The van der Waals surface area contributed by atoms with Crippen LogP contribution in [-0.4, -0.2) is 55.7 Å². The molecule has 1 amide bonds. The van der Waals surface area contributed by atoms with E-state index in [1.54, 1.807) is 6.07 Å². The lowest BCUT2D eigenvalue weighted by atomic mass is 9.81. The Balaban J connectivity index is 1.54. The third-order valence-corrected chi connectivity index (χ3v) is 11.9. The van der Waals surface area contributed by atoms with Crippen LogP contribution in [0, 0.1) is 11.8 Å². The number of hydrogen-bond acceptors (Lipinski definition) is 4. The molecule has 1 heterocycles. The molecule has 14 heteroatoms. The Bertz CT molecular complexity index is 1530. The van der Waals surface area contributed by atoms with Gasteiger partial charge in [0.25, 0.3) is 0 Å². The number of hydrogen-bond donors (Lipinski definition) is 1. The number of alkyl halides is 7. The van der Waals surface area contributed by atoms with Crippen LogP contribution in [0.15, 0.2) is 47.4 Å². The number of aryl methyl sites for hydroxylation is 2. The van der Waals surface area contributed by atoms with Crippen molar-refractivity contribution in [2.45, 2.75) is 79.0 Å². The summed E-state index contributed by atoms with van der Waals surface area (Å²) in [6, 6.07) is 6.73. The average Bonchev–Trinajstić information content (AvgIpc) is 3.63.